The number of hydrogen-bond donors (Lipinski definition) is 1. The van der Waals surface area contributed by atoms with Gasteiger partial charge in [-0.05, 0) is 38.5 Å². The molecule has 0 saturated carbocycles. The summed E-state index contributed by atoms with van der Waals surface area (Å²) < 4.78 is 5.43. The fraction of sp³-hybridized carbons (Fsp3) is 0.333. The Morgan fingerprint density at radius 2 is 2.05 bits per heavy atom. The number of aromatic nitrogens is 2. The van der Waals surface area contributed by atoms with Crippen LogP contribution < -0.4 is 10.1 Å². The number of rotatable bonds is 4. The van der Waals surface area contributed by atoms with Crippen molar-refractivity contribution in [2.75, 3.05) is 19.0 Å². The second-order valence-electron chi connectivity index (χ2n) is 4.46. The molecule has 1 aromatic heterocycles. The zero-order valence-electron chi connectivity index (χ0n) is 11.8. The van der Waals surface area contributed by atoms with Gasteiger partial charge in [-0.2, -0.15) is 0 Å². The summed E-state index contributed by atoms with van der Waals surface area (Å²) in [5.41, 5.74) is 4.12. The van der Waals surface area contributed by atoms with Gasteiger partial charge in [-0.15, -0.1) is 0 Å². The summed E-state index contributed by atoms with van der Waals surface area (Å²) in [6.07, 6.45) is 1.84. The van der Waals surface area contributed by atoms with Crippen LogP contribution >= 0.6 is 0 Å². The van der Waals surface area contributed by atoms with Gasteiger partial charge in [0.05, 0.1) is 12.8 Å². The highest BCUT2D eigenvalue weighted by Crippen LogP contribution is 2.31. The Kier molecular flexibility index (Phi) is 4.00. The van der Waals surface area contributed by atoms with Crippen molar-refractivity contribution in [3.63, 3.8) is 0 Å². The molecule has 1 heterocycles. The van der Waals surface area contributed by atoms with Crippen molar-refractivity contribution in [2.24, 2.45) is 0 Å². The molecule has 19 heavy (non-hydrogen) atoms. The van der Waals surface area contributed by atoms with Gasteiger partial charge in [0, 0.05) is 18.3 Å². The van der Waals surface area contributed by atoms with E-state index in [-0.39, 0.29) is 0 Å². The summed E-state index contributed by atoms with van der Waals surface area (Å²) in [6.45, 7) is 6.89. The van der Waals surface area contributed by atoms with E-state index in [1.165, 1.54) is 5.56 Å². The van der Waals surface area contributed by atoms with Gasteiger partial charge in [0.2, 0.25) is 5.95 Å². The molecule has 1 N–H and O–H groups in total. The number of benzene rings is 1. The van der Waals surface area contributed by atoms with E-state index >= 15 is 0 Å². The zero-order valence-corrected chi connectivity index (χ0v) is 11.8. The first-order chi connectivity index (χ1) is 9.15. The number of nitrogens with zero attached hydrogens (tertiary/aromatic N) is 2. The third kappa shape index (κ3) is 2.84. The van der Waals surface area contributed by atoms with Crippen molar-refractivity contribution >= 4 is 5.95 Å². The minimum atomic E-state index is 0.645. The SMILES string of the molecule is CCNc1ncc(C)c(-c2cc(C)ccc2OC)n1. The van der Waals surface area contributed by atoms with Crippen LogP contribution in [0.15, 0.2) is 24.4 Å². The van der Waals surface area contributed by atoms with Crippen LogP contribution in [-0.2, 0) is 0 Å². The number of hydrogen-bond acceptors (Lipinski definition) is 4. The van der Waals surface area contributed by atoms with Gasteiger partial charge in [-0.3, -0.25) is 0 Å². The second-order valence-corrected chi connectivity index (χ2v) is 4.46. The van der Waals surface area contributed by atoms with Gasteiger partial charge in [0.1, 0.15) is 5.75 Å². The topological polar surface area (TPSA) is 47.0 Å². The van der Waals surface area contributed by atoms with Crippen LogP contribution in [0.3, 0.4) is 0 Å². The molecular weight excluding hydrogens is 238 g/mol. The van der Waals surface area contributed by atoms with Crippen LogP contribution in [0.5, 0.6) is 5.75 Å². The van der Waals surface area contributed by atoms with E-state index in [2.05, 4.69) is 28.3 Å². The molecule has 4 nitrogen and oxygen atoms in total. The maximum atomic E-state index is 5.43. The van der Waals surface area contributed by atoms with Gasteiger partial charge in [0.25, 0.3) is 0 Å². The third-order valence-electron chi connectivity index (χ3n) is 2.92. The smallest absolute Gasteiger partial charge is 0.223 e. The first kappa shape index (κ1) is 13.3. The number of aryl methyl sites for hydroxylation is 2. The van der Waals surface area contributed by atoms with Crippen LogP contribution in [0.4, 0.5) is 5.95 Å². The highest BCUT2D eigenvalue weighted by Gasteiger charge is 2.11. The Labute approximate surface area is 113 Å². The molecule has 0 aliphatic carbocycles. The van der Waals surface area contributed by atoms with Gasteiger partial charge >= 0.3 is 0 Å². The predicted octanol–water partition coefficient (Wildman–Crippen LogP) is 3.20. The number of nitrogens with one attached hydrogen (secondary N) is 1. The van der Waals surface area contributed by atoms with Gasteiger partial charge in [0.15, 0.2) is 0 Å². The van der Waals surface area contributed by atoms with Crippen LogP contribution in [0.25, 0.3) is 11.3 Å². The summed E-state index contributed by atoms with van der Waals surface area (Å²) in [4.78, 5) is 8.85. The molecule has 0 radical (unpaired) electrons. The van der Waals surface area contributed by atoms with Gasteiger partial charge in [-0.1, -0.05) is 11.6 Å². The quantitative estimate of drug-likeness (QED) is 0.913. The normalized spacial score (nSPS) is 10.3. The average molecular weight is 257 g/mol. The molecule has 0 saturated heterocycles. The maximum absolute atomic E-state index is 5.43. The van der Waals surface area contributed by atoms with E-state index in [4.69, 9.17) is 4.74 Å². The van der Waals surface area contributed by atoms with Crippen molar-refractivity contribution < 1.29 is 4.74 Å². The molecule has 4 heteroatoms. The molecule has 1 aromatic carbocycles. The van der Waals surface area contributed by atoms with Crippen LogP contribution in [-0.4, -0.2) is 23.6 Å². The molecule has 0 aliphatic rings. The largest absolute Gasteiger partial charge is 0.496 e. The first-order valence-electron chi connectivity index (χ1n) is 6.38. The van der Waals surface area contributed by atoms with Crippen molar-refractivity contribution in [3.05, 3.63) is 35.5 Å². The predicted molar refractivity (Wildman–Crippen MR) is 77.7 cm³/mol. The van der Waals surface area contributed by atoms with E-state index in [1.54, 1.807) is 7.11 Å². The van der Waals surface area contributed by atoms with Gasteiger partial charge in [-0.25, -0.2) is 9.97 Å². The molecule has 0 atom stereocenters. The molecule has 0 aliphatic heterocycles. The lowest BCUT2D eigenvalue weighted by molar-refractivity contribution is 0.416. The minimum absolute atomic E-state index is 0.645. The Balaban J connectivity index is 2.56. The lowest BCUT2D eigenvalue weighted by atomic mass is 10.0. The van der Waals surface area contributed by atoms with E-state index in [0.717, 1.165) is 29.1 Å². The summed E-state index contributed by atoms with van der Waals surface area (Å²) in [5, 5.41) is 3.13. The lowest BCUT2D eigenvalue weighted by Gasteiger charge is -2.12. The fourth-order valence-corrected chi connectivity index (χ4v) is 1.96. The Bertz CT molecular complexity index is 582. The van der Waals surface area contributed by atoms with E-state index in [0.29, 0.717) is 5.95 Å². The van der Waals surface area contributed by atoms with Gasteiger partial charge < -0.3 is 10.1 Å². The van der Waals surface area contributed by atoms with Crippen molar-refractivity contribution in [3.8, 4) is 17.0 Å². The number of methoxy groups -OCH3 is 1. The fourth-order valence-electron chi connectivity index (χ4n) is 1.96. The van der Waals surface area contributed by atoms with Crippen molar-refractivity contribution in [1.29, 1.82) is 0 Å². The van der Waals surface area contributed by atoms with Crippen molar-refractivity contribution in [1.82, 2.24) is 9.97 Å². The summed E-state index contributed by atoms with van der Waals surface area (Å²) in [7, 11) is 1.68. The van der Waals surface area contributed by atoms with Crippen LogP contribution in [0.2, 0.25) is 0 Å². The summed E-state index contributed by atoms with van der Waals surface area (Å²) >= 11 is 0. The molecule has 0 unspecified atom stereocenters. The van der Waals surface area contributed by atoms with E-state index < -0.39 is 0 Å². The van der Waals surface area contributed by atoms with Crippen LogP contribution in [0.1, 0.15) is 18.1 Å². The molecule has 0 bridgehead atoms. The Morgan fingerprint density at radius 3 is 2.74 bits per heavy atom. The molecule has 2 aromatic rings. The standard InChI is InChI=1S/C15H19N3O/c1-5-16-15-17-9-11(3)14(18-15)12-8-10(2)6-7-13(12)19-4/h6-9H,5H2,1-4H3,(H,16,17,18). The minimum Gasteiger partial charge on any atom is -0.496 e. The second kappa shape index (κ2) is 5.69. The molecule has 2 rings (SSSR count). The first-order valence-corrected chi connectivity index (χ1v) is 6.38. The molecular formula is C15H19N3O. The third-order valence-corrected chi connectivity index (χ3v) is 2.92. The highest BCUT2D eigenvalue weighted by atomic mass is 16.5. The van der Waals surface area contributed by atoms with E-state index in [1.807, 2.05) is 32.2 Å². The maximum Gasteiger partial charge on any atom is 0.223 e. The molecule has 0 spiro atoms. The molecule has 100 valence electrons. The van der Waals surface area contributed by atoms with E-state index in [9.17, 15) is 0 Å². The lowest BCUT2D eigenvalue weighted by Crippen LogP contribution is -2.04. The highest BCUT2D eigenvalue weighted by molar-refractivity contribution is 5.71. The monoisotopic (exact) mass is 257 g/mol. The number of anilines is 1. The summed E-state index contributed by atoms with van der Waals surface area (Å²) in [5.74, 6) is 1.47. The number of ether oxygens (including phenoxy) is 1. The Hall–Kier alpha value is -2.10. The summed E-state index contributed by atoms with van der Waals surface area (Å²) in [6, 6.07) is 6.09. The van der Waals surface area contributed by atoms with Crippen LogP contribution in [0, 0.1) is 13.8 Å². The Morgan fingerprint density at radius 1 is 1.26 bits per heavy atom. The van der Waals surface area contributed by atoms with Crippen molar-refractivity contribution in [2.45, 2.75) is 20.8 Å². The molecule has 0 fully saturated rings. The average Bonchev–Trinajstić information content (AvgIpc) is 2.41. The molecule has 0 amide bonds. The zero-order chi connectivity index (χ0) is 13.8.